The second-order valence-corrected chi connectivity index (χ2v) is 3.74. The molecule has 1 aromatic carbocycles. The molecular weight excluding hydrogens is 262 g/mol. The maximum atomic E-state index is 11.5. The van der Waals surface area contributed by atoms with Gasteiger partial charge < -0.3 is 14.3 Å². The maximum absolute atomic E-state index is 11.5. The first-order valence-corrected chi connectivity index (χ1v) is 5.77. The van der Waals surface area contributed by atoms with Crippen molar-refractivity contribution in [2.75, 3.05) is 7.11 Å². The lowest BCUT2D eigenvalue weighted by atomic mass is 10.3. The second-order valence-electron chi connectivity index (χ2n) is 3.74. The Morgan fingerprint density at radius 2 is 1.95 bits per heavy atom. The summed E-state index contributed by atoms with van der Waals surface area (Å²) in [6, 6.07) is 10.3. The Hall–Kier alpha value is -2.83. The molecule has 2 rings (SSSR count). The minimum absolute atomic E-state index is 0.115. The van der Waals surface area contributed by atoms with Gasteiger partial charge in [0, 0.05) is 11.8 Å². The Bertz CT molecular complexity index is 589. The number of methoxy groups -OCH3 is 1. The van der Waals surface area contributed by atoms with Gasteiger partial charge in [0.2, 0.25) is 5.88 Å². The van der Waals surface area contributed by atoms with Crippen molar-refractivity contribution in [1.29, 1.82) is 0 Å². The molecule has 0 aliphatic rings. The van der Waals surface area contributed by atoms with Crippen molar-refractivity contribution in [1.82, 2.24) is 15.4 Å². The van der Waals surface area contributed by atoms with Crippen molar-refractivity contribution in [3.8, 4) is 17.6 Å². The van der Waals surface area contributed by atoms with Gasteiger partial charge in [0.25, 0.3) is 0 Å². The number of ether oxygens (including phenoxy) is 2. The Labute approximate surface area is 115 Å². The largest absolute Gasteiger partial charge is 0.481 e. The summed E-state index contributed by atoms with van der Waals surface area (Å²) in [5.74, 6) is 0.788. The van der Waals surface area contributed by atoms with Crippen LogP contribution in [-0.4, -0.2) is 23.2 Å². The van der Waals surface area contributed by atoms with Crippen molar-refractivity contribution in [2.24, 2.45) is 0 Å². The molecule has 0 atom stereocenters. The molecule has 2 aromatic rings. The molecule has 0 radical (unpaired) electrons. The van der Waals surface area contributed by atoms with Gasteiger partial charge in [0.15, 0.2) is 5.75 Å². The molecule has 0 aliphatic carbocycles. The molecule has 0 aliphatic heterocycles. The van der Waals surface area contributed by atoms with Crippen molar-refractivity contribution < 1.29 is 19.1 Å². The molecule has 0 fully saturated rings. The summed E-state index contributed by atoms with van der Waals surface area (Å²) in [4.78, 5) is 24.4. The molecule has 1 N–H and O–H groups in total. The number of carbonyl (C=O) groups excluding carboxylic acids is 1. The lowest BCUT2D eigenvalue weighted by Gasteiger charge is -2.07. The monoisotopic (exact) mass is 275 g/mol. The molecule has 1 aromatic heterocycles. The average Bonchev–Trinajstić information content (AvgIpc) is 2.45. The van der Waals surface area contributed by atoms with Gasteiger partial charge in [-0.2, -0.15) is 15.4 Å². The Balaban J connectivity index is 1.93. The van der Waals surface area contributed by atoms with Crippen LogP contribution in [0.1, 0.15) is 5.69 Å². The maximum Gasteiger partial charge on any atom is 0.448 e. The van der Waals surface area contributed by atoms with Gasteiger partial charge in [0.1, 0.15) is 0 Å². The van der Waals surface area contributed by atoms with E-state index in [0.29, 0.717) is 17.3 Å². The van der Waals surface area contributed by atoms with Crippen molar-refractivity contribution in [2.45, 2.75) is 6.92 Å². The normalized spacial score (nSPS) is 9.70. The van der Waals surface area contributed by atoms with E-state index in [1.165, 1.54) is 7.11 Å². The fraction of sp³-hybridized carbons (Fsp3) is 0.154. The summed E-state index contributed by atoms with van der Waals surface area (Å²) in [6.45, 7) is 1.73. The molecule has 104 valence electrons. The molecule has 0 spiro atoms. The summed E-state index contributed by atoms with van der Waals surface area (Å²) in [5, 5.41) is 0. The van der Waals surface area contributed by atoms with Gasteiger partial charge in [-0.05, 0) is 19.1 Å². The second kappa shape index (κ2) is 6.37. The Morgan fingerprint density at radius 3 is 2.65 bits per heavy atom. The Kier molecular flexibility index (Phi) is 4.33. The van der Waals surface area contributed by atoms with Crippen LogP contribution in [0.4, 0.5) is 4.79 Å². The smallest absolute Gasteiger partial charge is 0.448 e. The van der Waals surface area contributed by atoms with E-state index in [0.717, 1.165) is 0 Å². The van der Waals surface area contributed by atoms with E-state index in [9.17, 15) is 4.79 Å². The third kappa shape index (κ3) is 3.84. The summed E-state index contributed by atoms with van der Waals surface area (Å²) in [5.41, 5.74) is 2.74. The summed E-state index contributed by atoms with van der Waals surface area (Å²) >= 11 is 0. The molecule has 0 saturated carbocycles. The van der Waals surface area contributed by atoms with Crippen molar-refractivity contribution in [3.05, 3.63) is 42.1 Å². The van der Waals surface area contributed by atoms with E-state index in [-0.39, 0.29) is 6.01 Å². The zero-order chi connectivity index (χ0) is 14.4. The van der Waals surface area contributed by atoms with Crippen LogP contribution in [0.15, 0.2) is 36.4 Å². The number of hydrogen-bond donors (Lipinski definition) is 1. The molecule has 0 saturated heterocycles. The van der Waals surface area contributed by atoms with Gasteiger partial charge in [-0.1, -0.05) is 18.2 Å². The SMILES string of the molecule is COc1cc(C)nc(OC(=O)NOc2ccccc2)n1. The Morgan fingerprint density at radius 1 is 1.20 bits per heavy atom. The van der Waals surface area contributed by atoms with E-state index in [1.807, 2.05) is 6.07 Å². The molecule has 1 amide bonds. The van der Waals surface area contributed by atoms with Crippen LogP contribution in [0.5, 0.6) is 17.6 Å². The number of benzene rings is 1. The zero-order valence-electron chi connectivity index (χ0n) is 11.0. The standard InChI is InChI=1S/C13H13N3O4/c1-9-8-11(18-2)15-12(14-9)19-13(17)16-20-10-6-4-3-5-7-10/h3-8H,1-2H3,(H,16,17). The lowest BCUT2D eigenvalue weighted by molar-refractivity contribution is 0.138. The first kappa shape index (κ1) is 13.6. The number of amides is 1. The number of nitrogens with one attached hydrogen (secondary N) is 1. The van der Waals surface area contributed by atoms with Gasteiger partial charge in [0.05, 0.1) is 7.11 Å². The van der Waals surface area contributed by atoms with Crippen molar-refractivity contribution >= 4 is 6.09 Å². The number of aryl methyl sites for hydroxylation is 1. The lowest BCUT2D eigenvalue weighted by Crippen LogP contribution is -2.30. The quantitative estimate of drug-likeness (QED) is 0.858. The fourth-order valence-electron chi connectivity index (χ4n) is 1.36. The third-order valence-corrected chi connectivity index (χ3v) is 2.20. The van der Waals surface area contributed by atoms with E-state index in [1.54, 1.807) is 37.3 Å². The summed E-state index contributed by atoms with van der Waals surface area (Å²) in [6.07, 6.45) is -0.832. The van der Waals surface area contributed by atoms with E-state index in [4.69, 9.17) is 14.3 Å². The van der Waals surface area contributed by atoms with Gasteiger partial charge in [-0.25, -0.2) is 4.79 Å². The first-order chi connectivity index (χ1) is 9.67. The number of hydroxylamine groups is 1. The molecule has 20 heavy (non-hydrogen) atoms. The molecule has 1 heterocycles. The molecule has 0 unspecified atom stereocenters. The topological polar surface area (TPSA) is 82.6 Å². The number of carbonyl (C=O) groups is 1. The van der Waals surface area contributed by atoms with E-state index < -0.39 is 6.09 Å². The number of para-hydroxylation sites is 1. The first-order valence-electron chi connectivity index (χ1n) is 5.77. The number of rotatable bonds is 4. The summed E-state index contributed by atoms with van der Waals surface area (Å²) in [7, 11) is 1.46. The van der Waals surface area contributed by atoms with E-state index in [2.05, 4.69) is 15.4 Å². The minimum Gasteiger partial charge on any atom is -0.481 e. The number of hydrogen-bond acceptors (Lipinski definition) is 6. The highest BCUT2D eigenvalue weighted by molar-refractivity contribution is 5.68. The van der Waals surface area contributed by atoms with Crippen LogP contribution in [0.2, 0.25) is 0 Å². The molecule has 7 heteroatoms. The molecule has 0 bridgehead atoms. The van der Waals surface area contributed by atoms with Crippen LogP contribution in [0, 0.1) is 6.92 Å². The van der Waals surface area contributed by atoms with E-state index >= 15 is 0 Å². The van der Waals surface area contributed by atoms with Crippen LogP contribution in [0.25, 0.3) is 0 Å². The fourth-order valence-corrected chi connectivity index (χ4v) is 1.36. The zero-order valence-corrected chi connectivity index (χ0v) is 11.0. The van der Waals surface area contributed by atoms with Gasteiger partial charge in [-0.15, -0.1) is 0 Å². The summed E-state index contributed by atoms with van der Waals surface area (Å²) < 4.78 is 9.83. The van der Waals surface area contributed by atoms with Crippen LogP contribution >= 0.6 is 0 Å². The molecular formula is C13H13N3O4. The number of aromatic nitrogens is 2. The number of nitrogens with zero attached hydrogens (tertiary/aromatic N) is 2. The van der Waals surface area contributed by atoms with Gasteiger partial charge >= 0.3 is 12.1 Å². The van der Waals surface area contributed by atoms with Crippen LogP contribution in [-0.2, 0) is 0 Å². The van der Waals surface area contributed by atoms with Crippen LogP contribution in [0.3, 0.4) is 0 Å². The third-order valence-electron chi connectivity index (χ3n) is 2.20. The highest BCUT2D eigenvalue weighted by atomic mass is 16.7. The van der Waals surface area contributed by atoms with Gasteiger partial charge in [-0.3, -0.25) is 0 Å². The highest BCUT2D eigenvalue weighted by Crippen LogP contribution is 2.13. The minimum atomic E-state index is -0.832. The molecule has 7 nitrogen and oxygen atoms in total. The highest BCUT2D eigenvalue weighted by Gasteiger charge is 2.10. The van der Waals surface area contributed by atoms with Crippen LogP contribution < -0.4 is 19.8 Å². The predicted molar refractivity (Wildman–Crippen MR) is 69.6 cm³/mol. The van der Waals surface area contributed by atoms with Crippen molar-refractivity contribution in [3.63, 3.8) is 0 Å². The predicted octanol–water partition coefficient (Wildman–Crippen LogP) is 1.88. The average molecular weight is 275 g/mol.